The summed E-state index contributed by atoms with van der Waals surface area (Å²) in [5, 5.41) is -0.0104. The molecule has 0 radical (unpaired) electrons. The Balaban J connectivity index is 1.59. The third-order valence-electron chi connectivity index (χ3n) is 5.58. The second kappa shape index (κ2) is 9.00. The first-order valence-corrected chi connectivity index (χ1v) is 12.2. The van der Waals surface area contributed by atoms with Crippen LogP contribution in [-0.2, 0) is 16.4 Å². The highest BCUT2D eigenvalue weighted by Gasteiger charge is 2.29. The van der Waals surface area contributed by atoms with Crippen molar-refractivity contribution in [2.45, 2.75) is 11.5 Å². The van der Waals surface area contributed by atoms with Gasteiger partial charge in [-0.3, -0.25) is 4.79 Å². The zero-order chi connectivity index (χ0) is 23.5. The van der Waals surface area contributed by atoms with E-state index in [1.54, 1.807) is 30.3 Å². The van der Waals surface area contributed by atoms with Gasteiger partial charge in [0, 0.05) is 27.7 Å². The molecule has 0 aliphatic heterocycles. The Bertz CT molecular complexity index is 1540. The van der Waals surface area contributed by atoms with Gasteiger partial charge < -0.3 is 9.72 Å². The summed E-state index contributed by atoms with van der Waals surface area (Å²) in [6, 6.07) is 32.0. The van der Waals surface area contributed by atoms with Crippen LogP contribution in [0.25, 0.3) is 22.2 Å². The average Bonchev–Trinajstić information content (AvgIpc) is 3.32. The van der Waals surface area contributed by atoms with Crippen molar-refractivity contribution < 1.29 is 17.9 Å². The topological polar surface area (TPSA) is 76.2 Å². The van der Waals surface area contributed by atoms with Crippen molar-refractivity contribution in [3.63, 3.8) is 0 Å². The van der Waals surface area contributed by atoms with Gasteiger partial charge in [0.05, 0.1) is 4.90 Å². The maximum Gasteiger partial charge on any atom is 0.282 e. The Morgan fingerprint density at radius 2 is 1.44 bits per heavy atom. The van der Waals surface area contributed by atoms with Gasteiger partial charge in [-0.25, -0.2) is 8.42 Å². The smallest absolute Gasteiger partial charge is 0.282 e. The molecule has 5 nitrogen and oxygen atoms in total. The molecule has 0 aliphatic carbocycles. The number of nitrogens with one attached hydrogen (secondary N) is 1. The standard InChI is InChI=1S/C28H21NO4S/c30-28(34(31,32)23-12-5-2-6-13-23)25-18-22(33-19-20-9-3-1-4-10-20)15-16-24(25)27-17-21-11-7-8-14-26(21)29-27/h1-18,29H,19H2. The monoisotopic (exact) mass is 467 g/mol. The number of ether oxygens (including phenoxy) is 1. The summed E-state index contributed by atoms with van der Waals surface area (Å²) >= 11 is 0. The Hall–Kier alpha value is -4.16. The quantitative estimate of drug-likeness (QED) is 0.331. The number of fused-ring (bicyclic) bond motifs is 1. The third kappa shape index (κ3) is 4.23. The van der Waals surface area contributed by atoms with Crippen LogP contribution >= 0.6 is 0 Å². The fraction of sp³-hybridized carbons (Fsp3) is 0.0357. The molecule has 5 rings (SSSR count). The molecular weight excluding hydrogens is 446 g/mol. The lowest BCUT2D eigenvalue weighted by Crippen LogP contribution is -2.16. The van der Waals surface area contributed by atoms with E-state index in [4.69, 9.17) is 4.74 Å². The number of aromatic amines is 1. The molecular formula is C28H21NO4S. The molecule has 34 heavy (non-hydrogen) atoms. The predicted octanol–water partition coefficient (Wildman–Crippen LogP) is 6.03. The van der Waals surface area contributed by atoms with Crippen LogP contribution in [0, 0.1) is 0 Å². The highest BCUT2D eigenvalue weighted by Crippen LogP contribution is 2.32. The first-order valence-electron chi connectivity index (χ1n) is 10.8. The van der Waals surface area contributed by atoms with Gasteiger partial charge >= 0.3 is 0 Å². The predicted molar refractivity (Wildman–Crippen MR) is 132 cm³/mol. The number of rotatable bonds is 6. The second-order valence-electron chi connectivity index (χ2n) is 7.86. The van der Waals surface area contributed by atoms with Crippen LogP contribution in [0.1, 0.15) is 15.9 Å². The van der Waals surface area contributed by atoms with Crippen LogP contribution < -0.4 is 4.74 Å². The first-order chi connectivity index (χ1) is 16.5. The third-order valence-corrected chi connectivity index (χ3v) is 7.18. The number of hydrogen-bond acceptors (Lipinski definition) is 4. The van der Waals surface area contributed by atoms with Crippen LogP contribution in [0.4, 0.5) is 0 Å². The van der Waals surface area contributed by atoms with Crippen molar-refractivity contribution in [3.8, 4) is 17.0 Å². The zero-order valence-electron chi connectivity index (χ0n) is 18.1. The molecule has 6 heteroatoms. The van der Waals surface area contributed by atoms with E-state index in [9.17, 15) is 13.2 Å². The molecule has 5 aromatic rings. The maximum atomic E-state index is 13.4. The normalized spacial score (nSPS) is 11.4. The molecule has 1 heterocycles. The van der Waals surface area contributed by atoms with Gasteiger partial charge in [0.15, 0.2) is 0 Å². The highest BCUT2D eigenvalue weighted by atomic mass is 32.2. The Morgan fingerprint density at radius 3 is 2.18 bits per heavy atom. The molecule has 0 atom stereocenters. The van der Waals surface area contributed by atoms with Crippen molar-refractivity contribution in [1.82, 2.24) is 4.98 Å². The molecule has 4 aromatic carbocycles. The minimum atomic E-state index is -4.24. The van der Waals surface area contributed by atoms with Gasteiger partial charge in [-0.05, 0) is 48.0 Å². The number of H-pyrrole nitrogens is 1. The van der Waals surface area contributed by atoms with Gasteiger partial charge in [-0.2, -0.15) is 0 Å². The van der Waals surface area contributed by atoms with Gasteiger partial charge in [0.2, 0.25) is 9.84 Å². The summed E-state index contributed by atoms with van der Waals surface area (Å²) in [5.41, 5.74) is 3.06. The summed E-state index contributed by atoms with van der Waals surface area (Å²) in [5.74, 6) is 0.412. The zero-order valence-corrected chi connectivity index (χ0v) is 19.0. The van der Waals surface area contributed by atoms with Crippen LogP contribution in [0.15, 0.2) is 114 Å². The van der Waals surface area contributed by atoms with Crippen LogP contribution in [0.5, 0.6) is 5.75 Å². The van der Waals surface area contributed by atoms with Gasteiger partial charge in [0.1, 0.15) is 12.4 Å². The van der Waals surface area contributed by atoms with Crippen LogP contribution in [0.2, 0.25) is 0 Å². The van der Waals surface area contributed by atoms with E-state index in [1.165, 1.54) is 18.2 Å². The molecule has 0 saturated heterocycles. The fourth-order valence-electron chi connectivity index (χ4n) is 3.83. The average molecular weight is 468 g/mol. The lowest BCUT2D eigenvalue weighted by Gasteiger charge is -2.12. The number of hydrogen-bond donors (Lipinski definition) is 1. The van der Waals surface area contributed by atoms with Gasteiger partial charge in [-0.1, -0.05) is 66.7 Å². The Morgan fingerprint density at radius 1 is 0.765 bits per heavy atom. The van der Waals surface area contributed by atoms with Crippen LogP contribution in [0.3, 0.4) is 0 Å². The second-order valence-corrected chi connectivity index (χ2v) is 9.70. The largest absolute Gasteiger partial charge is 0.489 e. The SMILES string of the molecule is O=C(c1cc(OCc2ccccc2)ccc1-c1cc2ccccc2[nH]1)S(=O)(=O)c1ccccc1. The summed E-state index contributed by atoms with van der Waals surface area (Å²) in [4.78, 5) is 16.7. The van der Waals surface area contributed by atoms with E-state index >= 15 is 0 Å². The van der Waals surface area contributed by atoms with Crippen molar-refractivity contribution in [1.29, 1.82) is 0 Å². The molecule has 0 spiro atoms. The van der Waals surface area contributed by atoms with Crippen molar-refractivity contribution >= 4 is 25.9 Å². The summed E-state index contributed by atoms with van der Waals surface area (Å²) in [6.07, 6.45) is 0. The molecule has 0 saturated carbocycles. The summed E-state index contributed by atoms with van der Waals surface area (Å²) < 4.78 is 32.3. The van der Waals surface area contributed by atoms with Crippen LogP contribution in [-0.4, -0.2) is 18.5 Å². The van der Waals surface area contributed by atoms with E-state index in [1.807, 2.05) is 60.7 Å². The van der Waals surface area contributed by atoms with E-state index in [-0.39, 0.29) is 10.5 Å². The van der Waals surface area contributed by atoms with E-state index in [2.05, 4.69) is 4.98 Å². The molecule has 0 aliphatic rings. The molecule has 0 amide bonds. The molecule has 0 bridgehead atoms. The number of carbonyl (C=O) groups excluding carboxylic acids is 1. The number of sulfone groups is 1. The molecule has 0 fully saturated rings. The highest BCUT2D eigenvalue weighted by molar-refractivity contribution is 8.06. The van der Waals surface area contributed by atoms with Crippen molar-refractivity contribution in [2.24, 2.45) is 0 Å². The number of para-hydroxylation sites is 1. The minimum absolute atomic E-state index is 0.0433. The Kier molecular flexibility index (Phi) is 5.74. The minimum Gasteiger partial charge on any atom is -0.489 e. The number of carbonyl (C=O) groups is 1. The summed E-state index contributed by atoms with van der Waals surface area (Å²) in [6.45, 7) is 0.297. The van der Waals surface area contributed by atoms with Crippen molar-refractivity contribution in [3.05, 3.63) is 120 Å². The lowest BCUT2D eigenvalue weighted by molar-refractivity contribution is 0.107. The molecule has 1 N–H and O–H groups in total. The molecule has 1 aromatic heterocycles. The van der Waals surface area contributed by atoms with Gasteiger partial charge in [0.25, 0.3) is 5.12 Å². The molecule has 168 valence electrons. The fourth-order valence-corrected chi connectivity index (χ4v) is 5.02. The Labute approximate surface area is 197 Å². The lowest BCUT2D eigenvalue weighted by atomic mass is 10.0. The first kappa shape index (κ1) is 21.7. The van der Waals surface area contributed by atoms with E-state index in [0.29, 0.717) is 23.6 Å². The van der Waals surface area contributed by atoms with Gasteiger partial charge in [-0.15, -0.1) is 0 Å². The number of aromatic nitrogens is 1. The number of benzene rings is 4. The van der Waals surface area contributed by atoms with Crippen molar-refractivity contribution in [2.75, 3.05) is 0 Å². The maximum absolute atomic E-state index is 13.4. The van der Waals surface area contributed by atoms with E-state index < -0.39 is 15.0 Å². The van der Waals surface area contributed by atoms with E-state index in [0.717, 1.165) is 16.5 Å². The molecule has 0 unspecified atom stereocenters. The summed E-state index contributed by atoms with van der Waals surface area (Å²) in [7, 11) is -4.24.